The zero-order valence-electron chi connectivity index (χ0n) is 12.7. The van der Waals surface area contributed by atoms with Crippen LogP contribution in [0.4, 0.5) is 11.4 Å². The first kappa shape index (κ1) is 16.3. The van der Waals surface area contributed by atoms with Crippen molar-refractivity contribution in [3.05, 3.63) is 41.3 Å². The molecule has 1 unspecified atom stereocenters. The Hall–Kier alpha value is -2.57. The number of nitrogens with zero attached hydrogens (tertiary/aromatic N) is 2. The van der Waals surface area contributed by atoms with Crippen molar-refractivity contribution in [3.63, 3.8) is 0 Å². The van der Waals surface area contributed by atoms with Crippen LogP contribution in [-0.4, -0.2) is 20.5 Å². The van der Waals surface area contributed by atoms with E-state index in [1.807, 2.05) is 6.92 Å². The van der Waals surface area contributed by atoms with Gasteiger partial charge in [0.25, 0.3) is 10.0 Å². The number of nitriles is 1. The molecule has 1 atom stereocenters. The predicted octanol–water partition coefficient (Wildman–Crippen LogP) is 2.57. The van der Waals surface area contributed by atoms with Crippen molar-refractivity contribution >= 4 is 38.8 Å². The van der Waals surface area contributed by atoms with Crippen LogP contribution in [0.1, 0.15) is 12.5 Å². The molecule has 2 N–H and O–H groups in total. The highest BCUT2D eigenvalue weighted by molar-refractivity contribution is 7.94. The van der Waals surface area contributed by atoms with Crippen molar-refractivity contribution in [2.24, 2.45) is 4.99 Å². The van der Waals surface area contributed by atoms with E-state index in [1.165, 1.54) is 0 Å². The summed E-state index contributed by atoms with van der Waals surface area (Å²) in [4.78, 5) is 4.25. The fraction of sp³-hybridized carbons (Fsp3) is 0.200. The Morgan fingerprint density at radius 3 is 2.96 bits per heavy atom. The standard InChI is InChI=1S/C15H14N4O3S2/c1-10-7-11-8-12(19-24(20,21)14-3-2-6-23-14)4-5-13(11)18-15(22-10)17-9-16/h2-6,8,10,19H,7H2,1H3,(H,17,18). The normalized spacial score (nSPS) is 16.8. The number of hydrogen-bond donors (Lipinski definition) is 2. The number of aliphatic imine (C=N–C) groups is 1. The van der Waals surface area contributed by atoms with Crippen molar-refractivity contribution in [3.8, 4) is 6.19 Å². The van der Waals surface area contributed by atoms with Crippen molar-refractivity contribution in [1.82, 2.24) is 5.32 Å². The molecule has 7 nitrogen and oxygen atoms in total. The third-order valence-electron chi connectivity index (χ3n) is 3.30. The fourth-order valence-corrected chi connectivity index (χ4v) is 4.37. The average Bonchev–Trinajstić information content (AvgIpc) is 3.00. The molecule has 1 aromatic heterocycles. The van der Waals surface area contributed by atoms with Gasteiger partial charge in [-0.15, -0.1) is 11.3 Å². The number of amidine groups is 1. The molecule has 0 saturated heterocycles. The minimum absolute atomic E-state index is 0.135. The second-order valence-electron chi connectivity index (χ2n) is 5.17. The van der Waals surface area contributed by atoms with Crippen LogP contribution in [0, 0.1) is 11.5 Å². The zero-order valence-corrected chi connectivity index (χ0v) is 14.3. The van der Waals surface area contributed by atoms with Gasteiger partial charge in [0.15, 0.2) is 6.19 Å². The second-order valence-corrected chi connectivity index (χ2v) is 8.02. The molecule has 0 aliphatic carbocycles. The van der Waals surface area contributed by atoms with Crippen LogP contribution in [0.2, 0.25) is 0 Å². The Morgan fingerprint density at radius 2 is 2.25 bits per heavy atom. The Balaban J connectivity index is 1.91. The maximum atomic E-state index is 12.3. The van der Waals surface area contributed by atoms with Crippen LogP contribution >= 0.6 is 11.3 Å². The van der Waals surface area contributed by atoms with Gasteiger partial charge in [-0.1, -0.05) is 6.07 Å². The summed E-state index contributed by atoms with van der Waals surface area (Å²) in [5.74, 6) is 0. The number of anilines is 1. The first-order chi connectivity index (χ1) is 11.5. The van der Waals surface area contributed by atoms with Crippen molar-refractivity contribution in [2.75, 3.05) is 4.72 Å². The van der Waals surface area contributed by atoms with E-state index < -0.39 is 10.0 Å². The largest absolute Gasteiger partial charge is 0.461 e. The monoisotopic (exact) mass is 362 g/mol. The molecule has 2 aromatic rings. The first-order valence-corrected chi connectivity index (χ1v) is 9.44. The molecule has 0 fully saturated rings. The maximum Gasteiger partial charge on any atom is 0.303 e. The molecule has 1 aliphatic rings. The third kappa shape index (κ3) is 3.50. The van der Waals surface area contributed by atoms with Crippen LogP contribution in [0.5, 0.6) is 0 Å². The molecule has 2 heterocycles. The highest BCUT2D eigenvalue weighted by Crippen LogP contribution is 2.29. The molecule has 1 aliphatic heterocycles. The quantitative estimate of drug-likeness (QED) is 0.645. The van der Waals surface area contributed by atoms with E-state index in [0.717, 1.165) is 16.9 Å². The Bertz CT molecular complexity index is 915. The lowest BCUT2D eigenvalue weighted by Gasteiger charge is -2.12. The number of benzene rings is 1. The van der Waals surface area contributed by atoms with Crippen molar-refractivity contribution < 1.29 is 13.2 Å². The van der Waals surface area contributed by atoms with Gasteiger partial charge < -0.3 is 4.74 Å². The molecule has 0 bridgehead atoms. The summed E-state index contributed by atoms with van der Waals surface area (Å²) in [5.41, 5.74) is 1.93. The lowest BCUT2D eigenvalue weighted by atomic mass is 10.1. The van der Waals surface area contributed by atoms with Gasteiger partial charge in [-0.3, -0.25) is 4.72 Å². The second kappa shape index (κ2) is 6.51. The SMILES string of the molecule is CC1Cc2cc(NS(=O)(=O)c3cccs3)ccc2N=C(NC#N)O1. The van der Waals surface area contributed by atoms with E-state index in [0.29, 0.717) is 17.8 Å². The van der Waals surface area contributed by atoms with Gasteiger partial charge in [-0.2, -0.15) is 10.3 Å². The van der Waals surface area contributed by atoms with Crippen LogP contribution in [0.25, 0.3) is 0 Å². The summed E-state index contributed by atoms with van der Waals surface area (Å²) in [6.45, 7) is 1.85. The first-order valence-electron chi connectivity index (χ1n) is 7.07. The number of thiophene rings is 1. The number of sulfonamides is 1. The van der Waals surface area contributed by atoms with Gasteiger partial charge in [0.2, 0.25) is 0 Å². The van der Waals surface area contributed by atoms with E-state index in [-0.39, 0.29) is 16.3 Å². The summed E-state index contributed by atoms with van der Waals surface area (Å²) in [6.07, 6.45) is 2.12. The predicted molar refractivity (Wildman–Crippen MR) is 91.7 cm³/mol. The number of nitrogens with one attached hydrogen (secondary N) is 2. The number of ether oxygens (including phenoxy) is 1. The van der Waals surface area contributed by atoms with E-state index in [4.69, 9.17) is 10.00 Å². The fourth-order valence-electron chi connectivity index (χ4n) is 2.33. The summed E-state index contributed by atoms with van der Waals surface area (Å²) >= 11 is 1.16. The van der Waals surface area contributed by atoms with Gasteiger partial charge in [-0.25, -0.2) is 13.7 Å². The van der Waals surface area contributed by atoms with Gasteiger partial charge >= 0.3 is 6.02 Å². The maximum absolute atomic E-state index is 12.3. The molecule has 1 aromatic carbocycles. The Morgan fingerprint density at radius 1 is 1.42 bits per heavy atom. The Labute approximate surface area is 143 Å². The van der Waals surface area contributed by atoms with E-state index >= 15 is 0 Å². The highest BCUT2D eigenvalue weighted by atomic mass is 32.2. The van der Waals surface area contributed by atoms with E-state index in [2.05, 4.69) is 15.0 Å². The molecule has 24 heavy (non-hydrogen) atoms. The third-order valence-corrected chi connectivity index (χ3v) is 6.08. The molecule has 9 heteroatoms. The van der Waals surface area contributed by atoms with E-state index in [1.54, 1.807) is 41.9 Å². The van der Waals surface area contributed by atoms with Gasteiger partial charge in [0.05, 0.1) is 5.69 Å². The number of fused-ring (bicyclic) bond motifs is 1. The topological polar surface area (TPSA) is 104 Å². The summed E-state index contributed by atoms with van der Waals surface area (Å²) in [7, 11) is -3.59. The molecule has 0 saturated carbocycles. The van der Waals surface area contributed by atoms with Gasteiger partial charge in [-0.05, 0) is 42.1 Å². The molecular weight excluding hydrogens is 348 g/mol. The zero-order chi connectivity index (χ0) is 17.2. The van der Waals surface area contributed by atoms with Crippen LogP contribution in [-0.2, 0) is 21.2 Å². The summed E-state index contributed by atoms with van der Waals surface area (Å²) in [6, 6.07) is 8.44. The van der Waals surface area contributed by atoms with Crippen molar-refractivity contribution in [1.29, 1.82) is 5.26 Å². The minimum Gasteiger partial charge on any atom is -0.461 e. The van der Waals surface area contributed by atoms with Gasteiger partial charge in [0, 0.05) is 12.1 Å². The summed E-state index contributed by atoms with van der Waals surface area (Å²) in [5, 5.41) is 12.8. The minimum atomic E-state index is -3.59. The van der Waals surface area contributed by atoms with Crippen LogP contribution in [0.15, 0.2) is 44.9 Å². The highest BCUT2D eigenvalue weighted by Gasteiger charge is 2.19. The summed E-state index contributed by atoms with van der Waals surface area (Å²) < 4.78 is 32.9. The average molecular weight is 362 g/mol. The molecule has 0 amide bonds. The molecular formula is C15H14N4O3S2. The lowest BCUT2D eigenvalue weighted by Crippen LogP contribution is -2.25. The molecule has 124 valence electrons. The number of hydrogen-bond acceptors (Lipinski definition) is 7. The molecule has 3 rings (SSSR count). The van der Waals surface area contributed by atoms with Gasteiger partial charge in [0.1, 0.15) is 10.3 Å². The molecule has 0 spiro atoms. The smallest absolute Gasteiger partial charge is 0.303 e. The lowest BCUT2D eigenvalue weighted by molar-refractivity contribution is 0.204. The van der Waals surface area contributed by atoms with Crippen molar-refractivity contribution in [2.45, 2.75) is 23.7 Å². The number of rotatable bonds is 3. The molecule has 0 radical (unpaired) electrons. The van der Waals surface area contributed by atoms with Crippen LogP contribution < -0.4 is 10.0 Å². The Kier molecular flexibility index (Phi) is 4.42. The van der Waals surface area contributed by atoms with Crippen LogP contribution in [0.3, 0.4) is 0 Å². The van der Waals surface area contributed by atoms with E-state index in [9.17, 15) is 8.42 Å².